The Balaban J connectivity index is 1.53. The quantitative estimate of drug-likeness (QED) is 0.356. The number of anilines is 1. The van der Waals surface area contributed by atoms with Crippen LogP contribution in [0, 0.1) is 11.7 Å². The highest BCUT2D eigenvalue weighted by molar-refractivity contribution is 6.06. The zero-order valence-corrected chi connectivity index (χ0v) is 23.9. The van der Waals surface area contributed by atoms with E-state index in [2.05, 4.69) is 10.6 Å². The first kappa shape index (κ1) is 32.2. The molecule has 3 atom stereocenters. The first-order valence-corrected chi connectivity index (χ1v) is 13.6. The number of hydrogen-bond acceptors (Lipinski definition) is 6. The van der Waals surface area contributed by atoms with Crippen molar-refractivity contribution in [3.05, 3.63) is 65.0 Å². The number of imide groups is 1. The molecule has 0 saturated carbocycles. The fourth-order valence-electron chi connectivity index (χ4n) is 5.25. The lowest BCUT2D eigenvalue weighted by molar-refractivity contribution is -0.187. The van der Waals surface area contributed by atoms with Gasteiger partial charge in [0.05, 0.1) is 0 Å². The largest absolute Gasteiger partial charge is 0.465 e. The molecule has 1 aliphatic heterocycles. The number of carboxylic acid groups (broad SMARTS) is 1. The van der Waals surface area contributed by atoms with Crippen molar-refractivity contribution >= 4 is 35.6 Å². The van der Waals surface area contributed by atoms with E-state index in [-0.39, 0.29) is 24.3 Å². The molecule has 0 bridgehead atoms. The van der Waals surface area contributed by atoms with Gasteiger partial charge in [0.15, 0.2) is 0 Å². The van der Waals surface area contributed by atoms with Gasteiger partial charge in [0, 0.05) is 24.2 Å². The predicted octanol–water partition coefficient (Wildman–Crippen LogP) is 4.16. The van der Waals surface area contributed by atoms with Crippen LogP contribution in [0.15, 0.2) is 42.5 Å². The van der Waals surface area contributed by atoms with Gasteiger partial charge in [-0.05, 0) is 54.7 Å². The number of aryl methyl sites for hydroxylation is 1. The van der Waals surface area contributed by atoms with Crippen LogP contribution in [0.25, 0.3) is 0 Å². The molecule has 44 heavy (non-hydrogen) atoms. The van der Waals surface area contributed by atoms with Crippen LogP contribution in [-0.2, 0) is 37.7 Å². The molecule has 0 radical (unpaired) electrons. The number of carbonyl (C=O) groups excluding carboxylic acids is 4. The maximum absolute atomic E-state index is 13.7. The Morgan fingerprint density at radius 3 is 2.34 bits per heavy atom. The van der Waals surface area contributed by atoms with Crippen LogP contribution in [-0.4, -0.2) is 69.6 Å². The lowest BCUT2D eigenvalue weighted by atomic mass is 9.94. The zero-order valence-electron chi connectivity index (χ0n) is 23.9. The number of alkyl halides is 3. The van der Waals surface area contributed by atoms with Gasteiger partial charge in [0.1, 0.15) is 24.4 Å². The molecular weight excluding hydrogens is 592 g/mol. The third kappa shape index (κ3) is 6.45. The minimum Gasteiger partial charge on any atom is -0.465 e. The summed E-state index contributed by atoms with van der Waals surface area (Å²) in [6.07, 6.45) is -7.19. The molecule has 0 aromatic heterocycles. The van der Waals surface area contributed by atoms with Gasteiger partial charge in [-0.3, -0.25) is 14.4 Å². The summed E-state index contributed by atoms with van der Waals surface area (Å²) in [6, 6.07) is 5.62. The number of nitrogens with one attached hydrogen (secondary N) is 2. The molecule has 1 saturated heterocycles. The molecule has 1 aliphatic carbocycles. The zero-order chi connectivity index (χ0) is 32.6. The lowest BCUT2D eigenvalue weighted by Crippen LogP contribution is -2.51. The Hall–Kier alpha value is -4.69. The molecular formula is C29H30F4N4O7. The number of amides is 5. The van der Waals surface area contributed by atoms with Gasteiger partial charge in [0.2, 0.25) is 17.4 Å². The average molecular weight is 623 g/mol. The van der Waals surface area contributed by atoms with Gasteiger partial charge >= 0.3 is 18.4 Å². The molecule has 3 N–H and O–H groups in total. The number of ether oxygens (including phenoxy) is 1. The highest BCUT2D eigenvalue weighted by Crippen LogP contribution is 2.46. The van der Waals surface area contributed by atoms with Gasteiger partial charge in [0.25, 0.3) is 5.91 Å². The molecule has 15 heteroatoms. The molecule has 11 nitrogen and oxygen atoms in total. The molecule has 1 unspecified atom stereocenters. The maximum Gasteiger partial charge on any atom is 0.418 e. The van der Waals surface area contributed by atoms with Crippen LogP contribution < -0.4 is 10.6 Å². The van der Waals surface area contributed by atoms with Crippen molar-refractivity contribution in [2.24, 2.45) is 5.92 Å². The smallest absolute Gasteiger partial charge is 0.418 e. The summed E-state index contributed by atoms with van der Waals surface area (Å²) < 4.78 is 59.8. The highest BCUT2D eigenvalue weighted by atomic mass is 19.4. The van der Waals surface area contributed by atoms with Crippen molar-refractivity contribution in [3.63, 3.8) is 0 Å². The average Bonchev–Trinajstić information content (AvgIpc) is 3.41. The van der Waals surface area contributed by atoms with Crippen LogP contribution in [0.3, 0.4) is 0 Å². The Bertz CT molecular complexity index is 1480. The second-order valence-electron chi connectivity index (χ2n) is 11.0. The Kier molecular flexibility index (Phi) is 8.88. The summed E-state index contributed by atoms with van der Waals surface area (Å²) in [5, 5.41) is 13.8. The van der Waals surface area contributed by atoms with E-state index >= 15 is 0 Å². The summed E-state index contributed by atoms with van der Waals surface area (Å²) in [6.45, 7) is 2.51. The minimum atomic E-state index is -4.83. The number of halogens is 4. The fourth-order valence-corrected chi connectivity index (χ4v) is 5.25. The minimum absolute atomic E-state index is 0.0115. The summed E-state index contributed by atoms with van der Waals surface area (Å²) in [5.41, 5.74) is -0.482. The Morgan fingerprint density at radius 2 is 1.75 bits per heavy atom. The van der Waals surface area contributed by atoms with Gasteiger partial charge in [-0.1, -0.05) is 32.0 Å². The Labute approximate surface area is 249 Å². The normalized spacial score (nSPS) is 19.0. The van der Waals surface area contributed by atoms with Crippen LogP contribution in [0.1, 0.15) is 43.9 Å². The number of carbonyl (C=O) groups is 5. The molecule has 2 aliphatic rings. The second-order valence-corrected chi connectivity index (χ2v) is 11.0. The van der Waals surface area contributed by atoms with Gasteiger partial charge in [-0.15, -0.1) is 0 Å². The highest BCUT2D eigenvalue weighted by Gasteiger charge is 2.58. The van der Waals surface area contributed by atoms with Crippen LogP contribution >= 0.6 is 0 Å². The molecule has 2 aromatic rings. The monoisotopic (exact) mass is 622 g/mol. The van der Waals surface area contributed by atoms with Crippen molar-refractivity contribution in [1.82, 2.24) is 15.1 Å². The third-order valence-electron chi connectivity index (χ3n) is 7.68. The molecule has 1 fully saturated rings. The standard InChI is InChI=1S/C29H30F4N4O7/c1-15(2)23(35-26(41)42)24(39)34-20-8-9-21-18(12-20)10-11-28(21)25(40)37(27(43)44-28)14-22(38)36(16(3)29(31,32)33)13-17-4-6-19(30)7-5-17/h4-9,12,15-16,23,35H,10-11,13-14H2,1-3H3,(H,34,39)(H,41,42)/t16-,23+,28?/m0/s1. The molecule has 2 aromatic carbocycles. The number of rotatable bonds is 9. The topological polar surface area (TPSA) is 145 Å². The molecule has 1 spiro atoms. The van der Waals surface area contributed by atoms with E-state index in [1.165, 1.54) is 24.3 Å². The van der Waals surface area contributed by atoms with Crippen molar-refractivity contribution in [2.45, 2.75) is 64.0 Å². The number of benzene rings is 2. The second kappa shape index (κ2) is 12.1. The van der Waals surface area contributed by atoms with Crippen molar-refractivity contribution in [3.8, 4) is 0 Å². The molecule has 4 rings (SSSR count). The molecule has 236 valence electrons. The summed E-state index contributed by atoms with van der Waals surface area (Å²) in [7, 11) is 0. The van der Waals surface area contributed by atoms with Gasteiger partial charge < -0.3 is 25.4 Å². The summed E-state index contributed by atoms with van der Waals surface area (Å²) >= 11 is 0. The van der Waals surface area contributed by atoms with Crippen molar-refractivity contribution in [1.29, 1.82) is 0 Å². The van der Waals surface area contributed by atoms with Crippen molar-refractivity contribution < 1.29 is 51.4 Å². The predicted molar refractivity (Wildman–Crippen MR) is 146 cm³/mol. The number of nitrogens with zero attached hydrogens (tertiary/aromatic N) is 2. The van der Waals surface area contributed by atoms with E-state index in [0.717, 1.165) is 19.1 Å². The Morgan fingerprint density at radius 1 is 1.09 bits per heavy atom. The first-order valence-electron chi connectivity index (χ1n) is 13.6. The number of hydrogen-bond donors (Lipinski definition) is 3. The maximum atomic E-state index is 13.7. The van der Waals surface area contributed by atoms with Gasteiger partial charge in [-0.25, -0.2) is 18.9 Å². The van der Waals surface area contributed by atoms with E-state index in [1.54, 1.807) is 19.9 Å². The van der Waals surface area contributed by atoms with E-state index in [1.807, 2.05) is 0 Å². The molecule has 5 amide bonds. The number of fused-ring (bicyclic) bond motifs is 2. The fraction of sp³-hybridized carbons (Fsp3) is 0.414. The van der Waals surface area contributed by atoms with Crippen molar-refractivity contribution in [2.75, 3.05) is 11.9 Å². The summed E-state index contributed by atoms with van der Waals surface area (Å²) in [4.78, 5) is 64.3. The molecule has 1 heterocycles. The van der Waals surface area contributed by atoms with E-state index in [4.69, 9.17) is 9.84 Å². The van der Waals surface area contributed by atoms with E-state index in [9.17, 15) is 41.5 Å². The van der Waals surface area contributed by atoms with Crippen LogP contribution in [0.2, 0.25) is 0 Å². The van der Waals surface area contributed by atoms with Gasteiger partial charge in [-0.2, -0.15) is 13.2 Å². The van der Waals surface area contributed by atoms with Crippen LogP contribution in [0.5, 0.6) is 0 Å². The SMILES string of the molecule is CC(C)[C@@H](NC(=O)O)C(=O)Nc1ccc2c(c1)CCC21OC(=O)N(CC(=O)N(Cc2ccc(F)cc2)[C@@H](C)C(F)(F)F)C1=O. The van der Waals surface area contributed by atoms with E-state index in [0.29, 0.717) is 26.6 Å². The van der Waals surface area contributed by atoms with Crippen LogP contribution in [0.4, 0.5) is 32.8 Å². The summed E-state index contributed by atoms with van der Waals surface area (Å²) in [5.74, 6) is -3.68. The third-order valence-corrected chi connectivity index (χ3v) is 7.68. The van der Waals surface area contributed by atoms with E-state index < -0.39 is 72.7 Å². The lowest BCUT2D eigenvalue weighted by Gasteiger charge is -2.31. The first-order chi connectivity index (χ1) is 20.5.